The molecule has 0 radical (unpaired) electrons. The van der Waals surface area contributed by atoms with E-state index in [0.29, 0.717) is 18.4 Å². The maximum Gasteiger partial charge on any atom is 0.243 e. The van der Waals surface area contributed by atoms with Crippen LogP contribution in [0, 0.1) is 12.8 Å². The van der Waals surface area contributed by atoms with Crippen molar-refractivity contribution >= 4 is 27.4 Å². The van der Waals surface area contributed by atoms with E-state index in [-0.39, 0.29) is 35.6 Å². The molecule has 0 aliphatic carbocycles. The van der Waals surface area contributed by atoms with Gasteiger partial charge in [0, 0.05) is 37.3 Å². The Morgan fingerprint density at radius 2 is 1.66 bits per heavy atom. The molecule has 0 unspecified atom stereocenters. The molecule has 6 nitrogen and oxygen atoms in total. The SMILES string of the molecule is CC(=O)c1cccc(S(=O)(=O)N2CCC(C(=O)N(C)c3ccc(C)cc3)CC2)c1. The smallest absolute Gasteiger partial charge is 0.243 e. The van der Waals surface area contributed by atoms with E-state index in [9.17, 15) is 18.0 Å². The van der Waals surface area contributed by atoms with Crippen molar-refractivity contribution in [2.75, 3.05) is 25.0 Å². The van der Waals surface area contributed by atoms with Gasteiger partial charge in [0.1, 0.15) is 0 Å². The van der Waals surface area contributed by atoms with Gasteiger partial charge in [-0.25, -0.2) is 8.42 Å². The lowest BCUT2D eigenvalue weighted by Gasteiger charge is -2.32. The average molecular weight is 415 g/mol. The topological polar surface area (TPSA) is 74.8 Å². The van der Waals surface area contributed by atoms with Crippen LogP contribution in [0.5, 0.6) is 0 Å². The number of rotatable bonds is 5. The third-order valence-corrected chi connectivity index (χ3v) is 7.33. The molecule has 0 spiro atoms. The predicted octanol–water partition coefficient (Wildman–Crippen LogP) is 3.26. The van der Waals surface area contributed by atoms with Crippen LogP contribution in [-0.4, -0.2) is 44.6 Å². The Kier molecular flexibility index (Phi) is 6.19. The highest BCUT2D eigenvalue weighted by molar-refractivity contribution is 7.89. The Morgan fingerprint density at radius 3 is 2.24 bits per heavy atom. The van der Waals surface area contributed by atoms with E-state index in [1.807, 2.05) is 31.2 Å². The molecule has 0 N–H and O–H groups in total. The van der Waals surface area contributed by atoms with Gasteiger partial charge in [-0.05, 0) is 51.0 Å². The summed E-state index contributed by atoms with van der Waals surface area (Å²) in [5.41, 5.74) is 2.33. The van der Waals surface area contributed by atoms with E-state index < -0.39 is 10.0 Å². The highest BCUT2D eigenvalue weighted by Gasteiger charge is 2.33. The van der Waals surface area contributed by atoms with Gasteiger partial charge in [-0.1, -0.05) is 29.8 Å². The summed E-state index contributed by atoms with van der Waals surface area (Å²) in [5, 5.41) is 0. The summed E-state index contributed by atoms with van der Waals surface area (Å²) in [7, 11) is -1.93. The van der Waals surface area contributed by atoms with Crippen molar-refractivity contribution in [3.63, 3.8) is 0 Å². The van der Waals surface area contributed by atoms with Crippen LogP contribution in [0.4, 0.5) is 5.69 Å². The van der Waals surface area contributed by atoms with Crippen LogP contribution in [0.25, 0.3) is 0 Å². The summed E-state index contributed by atoms with van der Waals surface area (Å²) >= 11 is 0. The predicted molar refractivity (Wildman–Crippen MR) is 113 cm³/mol. The lowest BCUT2D eigenvalue weighted by atomic mass is 9.96. The van der Waals surface area contributed by atoms with E-state index in [4.69, 9.17) is 0 Å². The van der Waals surface area contributed by atoms with Crippen molar-refractivity contribution in [3.8, 4) is 0 Å². The second-order valence-corrected chi connectivity index (χ2v) is 9.43. The van der Waals surface area contributed by atoms with E-state index >= 15 is 0 Å². The van der Waals surface area contributed by atoms with Crippen molar-refractivity contribution in [1.29, 1.82) is 0 Å². The van der Waals surface area contributed by atoms with Crippen molar-refractivity contribution < 1.29 is 18.0 Å². The number of ketones is 1. The van der Waals surface area contributed by atoms with Crippen LogP contribution in [0.1, 0.15) is 35.7 Å². The minimum atomic E-state index is -3.69. The van der Waals surface area contributed by atoms with Crippen molar-refractivity contribution in [1.82, 2.24) is 4.31 Å². The maximum absolute atomic E-state index is 12.9. The quantitative estimate of drug-likeness (QED) is 0.704. The molecule has 3 rings (SSSR count). The van der Waals surface area contributed by atoms with Gasteiger partial charge in [0.25, 0.3) is 0 Å². The molecule has 29 heavy (non-hydrogen) atoms. The third-order valence-electron chi connectivity index (χ3n) is 5.43. The summed E-state index contributed by atoms with van der Waals surface area (Å²) in [4.78, 5) is 26.2. The van der Waals surface area contributed by atoms with E-state index in [1.54, 1.807) is 24.1 Å². The highest BCUT2D eigenvalue weighted by Crippen LogP contribution is 2.27. The molecule has 1 amide bonds. The zero-order valence-corrected chi connectivity index (χ0v) is 17.8. The molecule has 1 aliphatic heterocycles. The van der Waals surface area contributed by atoms with Gasteiger partial charge in [0.2, 0.25) is 15.9 Å². The molecule has 0 saturated carbocycles. The number of carbonyl (C=O) groups excluding carboxylic acids is 2. The molecule has 0 bridgehead atoms. The zero-order chi connectivity index (χ0) is 21.2. The van der Waals surface area contributed by atoms with Crippen LogP contribution in [0.3, 0.4) is 0 Å². The number of aryl methyl sites for hydroxylation is 1. The number of anilines is 1. The van der Waals surface area contributed by atoms with Crippen molar-refractivity contribution in [2.45, 2.75) is 31.6 Å². The van der Waals surface area contributed by atoms with E-state index in [1.165, 1.54) is 23.4 Å². The Morgan fingerprint density at radius 1 is 1.03 bits per heavy atom. The highest BCUT2D eigenvalue weighted by atomic mass is 32.2. The molecule has 0 aromatic heterocycles. The number of nitrogens with zero attached hydrogens (tertiary/aromatic N) is 2. The number of hydrogen-bond acceptors (Lipinski definition) is 4. The van der Waals surface area contributed by atoms with Crippen molar-refractivity contribution in [2.24, 2.45) is 5.92 Å². The van der Waals surface area contributed by atoms with Crippen LogP contribution < -0.4 is 4.90 Å². The summed E-state index contributed by atoms with van der Waals surface area (Å²) in [5.74, 6) is -0.383. The second-order valence-electron chi connectivity index (χ2n) is 7.50. The molecule has 1 heterocycles. The minimum Gasteiger partial charge on any atom is -0.315 e. The molecule has 2 aromatic carbocycles. The number of sulfonamides is 1. The Balaban J connectivity index is 1.68. The Bertz CT molecular complexity index is 1010. The first-order chi connectivity index (χ1) is 13.7. The van der Waals surface area contributed by atoms with Gasteiger partial charge in [-0.15, -0.1) is 0 Å². The molecule has 1 saturated heterocycles. The number of benzene rings is 2. The fourth-order valence-corrected chi connectivity index (χ4v) is 5.05. The summed E-state index contributed by atoms with van der Waals surface area (Å²) in [6, 6.07) is 13.9. The molecule has 7 heteroatoms. The first kappa shape index (κ1) is 21.2. The van der Waals surface area contributed by atoms with Crippen LogP contribution >= 0.6 is 0 Å². The molecule has 1 fully saturated rings. The summed E-state index contributed by atoms with van der Waals surface area (Å²) in [6.45, 7) is 3.97. The van der Waals surface area contributed by atoms with Gasteiger partial charge >= 0.3 is 0 Å². The molecule has 0 atom stereocenters. The normalized spacial score (nSPS) is 15.8. The molecule has 1 aliphatic rings. The summed E-state index contributed by atoms with van der Waals surface area (Å²) < 4.78 is 27.3. The fourth-order valence-electron chi connectivity index (χ4n) is 3.54. The monoisotopic (exact) mass is 414 g/mol. The van der Waals surface area contributed by atoms with Crippen LogP contribution in [-0.2, 0) is 14.8 Å². The zero-order valence-electron chi connectivity index (χ0n) is 17.0. The number of Topliss-reactive ketones (excluding diaryl/α,β-unsaturated/α-hetero) is 1. The van der Waals surface area contributed by atoms with Gasteiger partial charge < -0.3 is 4.90 Å². The molecule has 154 valence electrons. The van der Waals surface area contributed by atoms with Gasteiger partial charge in [-0.2, -0.15) is 4.31 Å². The number of hydrogen-bond donors (Lipinski definition) is 0. The lowest BCUT2D eigenvalue weighted by Crippen LogP contribution is -2.43. The Labute approximate surface area is 172 Å². The molecular weight excluding hydrogens is 388 g/mol. The average Bonchev–Trinajstić information content (AvgIpc) is 2.73. The van der Waals surface area contributed by atoms with E-state index in [2.05, 4.69) is 0 Å². The molecule has 2 aromatic rings. The standard InChI is InChI=1S/C22H26N2O4S/c1-16-7-9-20(10-8-16)23(3)22(26)18-11-13-24(14-12-18)29(27,28)21-6-4-5-19(15-21)17(2)25/h4-10,15,18H,11-14H2,1-3H3. The van der Waals surface area contributed by atoms with Crippen LogP contribution in [0.15, 0.2) is 53.4 Å². The fraction of sp³-hybridized carbons (Fsp3) is 0.364. The second kappa shape index (κ2) is 8.47. The number of amides is 1. The minimum absolute atomic E-state index is 0.00415. The Hall–Kier alpha value is -2.51. The van der Waals surface area contributed by atoms with Gasteiger partial charge in [-0.3, -0.25) is 9.59 Å². The maximum atomic E-state index is 12.9. The van der Waals surface area contributed by atoms with Crippen molar-refractivity contribution in [3.05, 3.63) is 59.7 Å². The molecular formula is C22H26N2O4S. The summed E-state index contributed by atoms with van der Waals surface area (Å²) in [6.07, 6.45) is 0.946. The van der Waals surface area contributed by atoms with Gasteiger partial charge in [0.15, 0.2) is 5.78 Å². The first-order valence-corrected chi connectivity index (χ1v) is 11.1. The first-order valence-electron chi connectivity index (χ1n) is 9.65. The lowest BCUT2D eigenvalue weighted by molar-refractivity contribution is -0.123. The van der Waals surface area contributed by atoms with E-state index in [0.717, 1.165) is 11.3 Å². The number of piperidine rings is 1. The number of carbonyl (C=O) groups is 2. The largest absolute Gasteiger partial charge is 0.315 e. The third kappa shape index (κ3) is 4.57. The van der Waals surface area contributed by atoms with Gasteiger partial charge in [0.05, 0.1) is 4.90 Å². The van der Waals surface area contributed by atoms with Crippen LogP contribution in [0.2, 0.25) is 0 Å².